The number of hydrogen-bond acceptors (Lipinski definition) is 5. The predicted molar refractivity (Wildman–Crippen MR) is 106 cm³/mol. The maximum Gasteiger partial charge on any atom is 0.145 e. The second-order valence-corrected chi connectivity index (χ2v) is 5.97. The Morgan fingerprint density at radius 2 is 1.36 bits per heavy atom. The van der Waals surface area contributed by atoms with Crippen molar-refractivity contribution in [3.05, 3.63) is 76.4 Å². The van der Waals surface area contributed by atoms with Gasteiger partial charge in [0.2, 0.25) is 0 Å². The Bertz CT molecular complexity index is 1080. The SMILES string of the molecule is CN(C)c1ccc(C#CC(=C(C#N)C#N)C(=C(C#N)C#N)C2C=CC=C2)cc1. The number of rotatable bonds is 3. The Hall–Kier alpha value is -4.50. The van der Waals surface area contributed by atoms with Crippen LogP contribution in [0, 0.1) is 63.1 Å². The summed E-state index contributed by atoms with van der Waals surface area (Å²) < 4.78 is 0. The third-order valence-electron chi connectivity index (χ3n) is 4.03. The molecule has 2 rings (SSSR count). The molecule has 0 heterocycles. The first-order chi connectivity index (χ1) is 13.5. The highest BCUT2D eigenvalue weighted by Gasteiger charge is 2.22. The number of anilines is 1. The number of hydrogen-bond donors (Lipinski definition) is 0. The van der Waals surface area contributed by atoms with E-state index in [1.165, 1.54) is 0 Å². The zero-order valence-electron chi connectivity index (χ0n) is 15.4. The summed E-state index contributed by atoms with van der Waals surface area (Å²) in [5, 5.41) is 37.5. The van der Waals surface area contributed by atoms with Gasteiger partial charge in [-0.15, -0.1) is 0 Å². The van der Waals surface area contributed by atoms with Crippen LogP contribution in [0.2, 0.25) is 0 Å². The molecule has 0 N–H and O–H groups in total. The van der Waals surface area contributed by atoms with Crippen LogP contribution in [0.15, 0.2) is 70.9 Å². The third-order valence-corrected chi connectivity index (χ3v) is 4.03. The van der Waals surface area contributed by atoms with Crippen LogP contribution < -0.4 is 4.90 Å². The molecule has 0 aliphatic heterocycles. The van der Waals surface area contributed by atoms with Gasteiger partial charge in [-0.25, -0.2) is 0 Å². The number of allylic oxidation sites excluding steroid dienone is 8. The van der Waals surface area contributed by atoms with Gasteiger partial charge in [-0.1, -0.05) is 36.1 Å². The highest BCUT2D eigenvalue weighted by molar-refractivity contribution is 5.66. The molecular weight excluding hydrogens is 346 g/mol. The third kappa shape index (κ3) is 4.36. The van der Waals surface area contributed by atoms with Crippen molar-refractivity contribution in [1.29, 1.82) is 21.0 Å². The quantitative estimate of drug-likeness (QED) is 0.466. The average molecular weight is 361 g/mol. The van der Waals surface area contributed by atoms with Gasteiger partial charge in [0.05, 0.1) is 5.57 Å². The van der Waals surface area contributed by atoms with E-state index in [0.717, 1.165) is 5.69 Å². The van der Waals surface area contributed by atoms with Gasteiger partial charge >= 0.3 is 0 Å². The van der Waals surface area contributed by atoms with Crippen LogP contribution in [-0.2, 0) is 0 Å². The van der Waals surface area contributed by atoms with Crippen LogP contribution in [0.1, 0.15) is 5.56 Å². The Balaban J connectivity index is 2.65. The molecule has 5 heteroatoms. The van der Waals surface area contributed by atoms with Crippen molar-refractivity contribution in [3.8, 4) is 36.1 Å². The van der Waals surface area contributed by atoms with Crippen molar-refractivity contribution < 1.29 is 0 Å². The molecule has 0 atom stereocenters. The standard InChI is InChI=1S/C23H15N5/c1-28(2)21-10-7-17(8-11-21)9-12-22(19(13-24)14-25)23(20(15-26)16-27)18-5-3-4-6-18/h3-8,10-11,18H,1-2H3. The molecule has 28 heavy (non-hydrogen) atoms. The van der Waals surface area contributed by atoms with Crippen LogP contribution >= 0.6 is 0 Å². The molecule has 1 aromatic rings. The summed E-state index contributed by atoms with van der Waals surface area (Å²) in [5.74, 6) is 5.40. The highest BCUT2D eigenvalue weighted by Crippen LogP contribution is 2.30. The molecule has 132 valence electrons. The van der Waals surface area contributed by atoms with Crippen LogP contribution in [0.5, 0.6) is 0 Å². The zero-order chi connectivity index (χ0) is 20.5. The first-order valence-corrected chi connectivity index (χ1v) is 8.29. The monoisotopic (exact) mass is 361 g/mol. The molecule has 0 spiro atoms. The fraction of sp³-hybridized carbons (Fsp3) is 0.130. The fourth-order valence-corrected chi connectivity index (χ4v) is 2.61. The van der Waals surface area contributed by atoms with E-state index in [1.807, 2.05) is 67.5 Å². The van der Waals surface area contributed by atoms with Crippen molar-refractivity contribution in [3.63, 3.8) is 0 Å². The van der Waals surface area contributed by atoms with Crippen molar-refractivity contribution >= 4 is 5.69 Å². The van der Waals surface area contributed by atoms with E-state index < -0.39 is 5.92 Å². The van der Waals surface area contributed by atoms with E-state index in [0.29, 0.717) is 5.56 Å². The Morgan fingerprint density at radius 1 is 0.821 bits per heavy atom. The molecule has 0 fully saturated rings. The zero-order valence-corrected chi connectivity index (χ0v) is 15.4. The average Bonchev–Trinajstić information content (AvgIpc) is 3.24. The van der Waals surface area contributed by atoms with Gasteiger partial charge in [0.1, 0.15) is 35.4 Å². The summed E-state index contributed by atoms with van der Waals surface area (Å²) in [6.07, 6.45) is 7.12. The van der Waals surface area contributed by atoms with Gasteiger partial charge in [0.25, 0.3) is 0 Å². The predicted octanol–water partition coefficient (Wildman–Crippen LogP) is 3.53. The number of nitrogens with zero attached hydrogens (tertiary/aromatic N) is 5. The van der Waals surface area contributed by atoms with E-state index >= 15 is 0 Å². The molecule has 0 aromatic heterocycles. The minimum Gasteiger partial charge on any atom is -0.378 e. The summed E-state index contributed by atoms with van der Waals surface area (Å²) in [5.41, 5.74) is 1.66. The van der Waals surface area contributed by atoms with Crippen molar-refractivity contribution in [2.45, 2.75) is 0 Å². The minimum absolute atomic E-state index is 0.0981. The largest absolute Gasteiger partial charge is 0.378 e. The second-order valence-electron chi connectivity index (χ2n) is 5.97. The summed E-state index contributed by atoms with van der Waals surface area (Å²) in [6, 6.07) is 14.8. The fourth-order valence-electron chi connectivity index (χ4n) is 2.61. The molecule has 1 aliphatic rings. The maximum absolute atomic E-state index is 9.38. The normalized spacial score (nSPS) is 11.1. The minimum atomic E-state index is -0.397. The topological polar surface area (TPSA) is 98.4 Å². The first-order valence-electron chi connectivity index (χ1n) is 8.29. The van der Waals surface area contributed by atoms with Gasteiger partial charge in [0.15, 0.2) is 0 Å². The Kier molecular flexibility index (Phi) is 6.56. The molecular formula is C23H15N5. The maximum atomic E-state index is 9.38. The van der Waals surface area contributed by atoms with E-state index in [2.05, 4.69) is 11.8 Å². The lowest BCUT2D eigenvalue weighted by atomic mass is 9.87. The second kappa shape index (κ2) is 9.27. The molecule has 1 aromatic carbocycles. The molecule has 0 amide bonds. The van der Waals surface area contributed by atoms with Gasteiger partial charge in [-0.3, -0.25) is 0 Å². The summed E-state index contributed by atoms with van der Waals surface area (Å²) in [7, 11) is 3.86. The van der Waals surface area contributed by atoms with Crippen LogP contribution in [0.3, 0.4) is 0 Å². The van der Waals surface area contributed by atoms with Crippen molar-refractivity contribution in [1.82, 2.24) is 0 Å². The van der Waals surface area contributed by atoms with Crippen molar-refractivity contribution in [2.75, 3.05) is 19.0 Å². The summed E-state index contributed by atoms with van der Waals surface area (Å²) in [4.78, 5) is 1.96. The molecule has 5 nitrogen and oxygen atoms in total. The summed E-state index contributed by atoms with van der Waals surface area (Å²) >= 11 is 0. The van der Waals surface area contributed by atoms with E-state index in [9.17, 15) is 21.0 Å². The lowest BCUT2D eigenvalue weighted by Crippen LogP contribution is -2.08. The lowest BCUT2D eigenvalue weighted by Gasteiger charge is -2.12. The van der Waals surface area contributed by atoms with Crippen LogP contribution in [0.25, 0.3) is 0 Å². The van der Waals surface area contributed by atoms with Gasteiger partial charge in [0, 0.05) is 36.8 Å². The van der Waals surface area contributed by atoms with Gasteiger partial charge in [-0.05, 0) is 24.3 Å². The van der Waals surface area contributed by atoms with E-state index in [4.69, 9.17) is 0 Å². The lowest BCUT2D eigenvalue weighted by molar-refractivity contribution is 0.998. The van der Waals surface area contributed by atoms with Crippen LogP contribution in [0.4, 0.5) is 5.69 Å². The van der Waals surface area contributed by atoms with Gasteiger partial charge in [-0.2, -0.15) is 21.0 Å². The smallest absolute Gasteiger partial charge is 0.145 e. The molecule has 0 radical (unpaired) electrons. The first kappa shape index (κ1) is 19.8. The number of benzene rings is 1. The molecule has 0 saturated carbocycles. The number of nitriles is 4. The van der Waals surface area contributed by atoms with Crippen molar-refractivity contribution in [2.24, 2.45) is 5.92 Å². The molecule has 0 bridgehead atoms. The molecule has 0 saturated heterocycles. The summed E-state index contributed by atoms with van der Waals surface area (Å²) in [6.45, 7) is 0. The Labute approximate surface area is 164 Å². The molecule has 0 unspecified atom stereocenters. The van der Waals surface area contributed by atoms with E-state index in [-0.39, 0.29) is 22.3 Å². The highest BCUT2D eigenvalue weighted by atomic mass is 15.1. The van der Waals surface area contributed by atoms with E-state index in [1.54, 1.807) is 24.3 Å². The van der Waals surface area contributed by atoms with Gasteiger partial charge < -0.3 is 4.90 Å². The van der Waals surface area contributed by atoms with Crippen LogP contribution in [-0.4, -0.2) is 14.1 Å². The molecule has 1 aliphatic carbocycles. The Morgan fingerprint density at radius 3 is 1.82 bits per heavy atom.